The zero-order chi connectivity index (χ0) is 9.56. The van der Waals surface area contributed by atoms with E-state index in [0.717, 1.165) is 24.9 Å². The van der Waals surface area contributed by atoms with Crippen molar-refractivity contribution in [2.45, 2.75) is 33.7 Å². The minimum atomic E-state index is 0.643. The summed E-state index contributed by atoms with van der Waals surface area (Å²) in [7, 11) is 3.71. The van der Waals surface area contributed by atoms with Crippen LogP contribution in [-0.4, -0.2) is 19.1 Å². The minimum Gasteiger partial charge on any atom is -0.478 e. The molecule has 2 heteroatoms. The third-order valence-corrected chi connectivity index (χ3v) is 2.16. The number of hydrogen-bond acceptors (Lipinski definition) is 1. The highest BCUT2D eigenvalue weighted by Gasteiger charge is 2.15. The Bertz CT molecular complexity index is 92.0. The second-order valence-corrected chi connectivity index (χ2v) is 4.05. The first kappa shape index (κ1) is 11.9. The molecule has 0 fully saturated rings. The Morgan fingerprint density at radius 3 is 2.00 bits per heavy atom. The second-order valence-electron chi connectivity index (χ2n) is 4.05. The van der Waals surface area contributed by atoms with Crippen LogP contribution >= 0.6 is 0 Å². The molecule has 0 heterocycles. The molecule has 0 amide bonds. The molecule has 0 rings (SSSR count). The van der Waals surface area contributed by atoms with Crippen LogP contribution in [0.25, 0.3) is 0 Å². The van der Waals surface area contributed by atoms with Crippen molar-refractivity contribution >= 4 is 0 Å². The van der Waals surface area contributed by atoms with Crippen LogP contribution in [0.1, 0.15) is 27.7 Å². The van der Waals surface area contributed by atoms with Crippen LogP contribution in [0.3, 0.4) is 0 Å². The number of nitrogens with two attached hydrogens (primary N) is 1. The molecule has 0 saturated heterocycles. The summed E-state index contributed by atoms with van der Waals surface area (Å²) in [6.07, 6.45) is 0. The average molecular weight is 172 g/mol. The van der Waals surface area contributed by atoms with Crippen molar-refractivity contribution in [3.8, 4) is 0 Å². The fraction of sp³-hybridized carbons (Fsp3) is 0.900. The van der Waals surface area contributed by atoms with Gasteiger partial charge in [0.15, 0.2) is 0 Å². The van der Waals surface area contributed by atoms with Crippen LogP contribution in [0.2, 0.25) is 0 Å². The predicted octanol–water partition coefficient (Wildman–Crippen LogP) is 0.612. The van der Waals surface area contributed by atoms with Gasteiger partial charge in [0.05, 0.1) is 6.54 Å². The largest absolute Gasteiger partial charge is 0.478 e. The van der Waals surface area contributed by atoms with Gasteiger partial charge in [-0.1, -0.05) is 27.7 Å². The third-order valence-electron chi connectivity index (χ3n) is 2.16. The molecule has 0 atom stereocenters. The second kappa shape index (κ2) is 6.44. The van der Waals surface area contributed by atoms with Crippen LogP contribution in [0, 0.1) is 18.9 Å². The summed E-state index contributed by atoms with van der Waals surface area (Å²) in [5, 5.41) is 5.51. The molecule has 0 saturated carbocycles. The Hall–Kier alpha value is -0.0800. The zero-order valence-corrected chi connectivity index (χ0v) is 8.93. The molecule has 0 aliphatic rings. The van der Waals surface area contributed by atoms with E-state index in [1.807, 2.05) is 5.32 Å². The summed E-state index contributed by atoms with van der Waals surface area (Å²) in [4.78, 5) is 0. The monoisotopic (exact) mass is 172 g/mol. The van der Waals surface area contributed by atoms with Gasteiger partial charge in [-0.05, 0) is 11.8 Å². The summed E-state index contributed by atoms with van der Waals surface area (Å²) in [6.45, 7) is 11.2. The van der Waals surface area contributed by atoms with Gasteiger partial charge >= 0.3 is 0 Å². The van der Waals surface area contributed by atoms with E-state index < -0.39 is 0 Å². The molecule has 0 aliphatic heterocycles. The van der Waals surface area contributed by atoms with Crippen LogP contribution in [0.5, 0.6) is 0 Å². The summed E-state index contributed by atoms with van der Waals surface area (Å²) in [5.41, 5.74) is 0. The fourth-order valence-electron chi connectivity index (χ4n) is 1.59. The molecule has 0 spiro atoms. The highest BCUT2D eigenvalue weighted by Crippen LogP contribution is 2.10. The van der Waals surface area contributed by atoms with E-state index in [2.05, 4.69) is 40.1 Å². The predicted molar refractivity (Wildman–Crippen MR) is 53.6 cm³/mol. The van der Waals surface area contributed by atoms with Gasteiger partial charge in [0.25, 0.3) is 0 Å². The molecule has 0 aromatic carbocycles. The molecule has 0 radical (unpaired) electrons. The van der Waals surface area contributed by atoms with Crippen LogP contribution in [0.4, 0.5) is 0 Å². The van der Waals surface area contributed by atoms with Gasteiger partial charge in [0.1, 0.15) is 0 Å². The lowest BCUT2D eigenvalue weighted by atomic mass is 9.93. The highest BCUT2D eigenvalue weighted by molar-refractivity contribution is 4.73. The molecule has 2 nitrogen and oxygen atoms in total. The molecular formula is C10H24N2. The van der Waals surface area contributed by atoms with Crippen molar-refractivity contribution in [2.75, 3.05) is 13.1 Å². The standard InChI is InChI=1S/C10H24N2/c1-8(2)10(9(3)4)12-7-6-11-5/h8-10,12H,5-7,11H2,1-4H3. The molecule has 0 bridgehead atoms. The van der Waals surface area contributed by atoms with E-state index >= 15 is 0 Å². The number of nitrogens with one attached hydrogen (secondary N) is 1. The first-order valence-electron chi connectivity index (χ1n) is 4.93. The van der Waals surface area contributed by atoms with E-state index in [4.69, 9.17) is 0 Å². The van der Waals surface area contributed by atoms with Crippen molar-refractivity contribution in [3.05, 3.63) is 7.05 Å². The maximum Gasteiger partial charge on any atom is 0.0642 e. The van der Waals surface area contributed by atoms with Crippen LogP contribution in [-0.2, 0) is 0 Å². The third kappa shape index (κ3) is 4.73. The molecule has 74 valence electrons. The minimum absolute atomic E-state index is 0.643. The smallest absolute Gasteiger partial charge is 0.0642 e. The first-order valence-corrected chi connectivity index (χ1v) is 4.93. The van der Waals surface area contributed by atoms with Crippen molar-refractivity contribution < 1.29 is 5.32 Å². The molecule has 12 heavy (non-hydrogen) atoms. The van der Waals surface area contributed by atoms with Gasteiger partial charge in [-0.15, -0.1) is 0 Å². The Balaban J connectivity index is 3.64. The van der Waals surface area contributed by atoms with Gasteiger partial charge in [-0.3, -0.25) is 0 Å². The lowest BCUT2D eigenvalue weighted by Crippen LogP contribution is -2.78. The van der Waals surface area contributed by atoms with Gasteiger partial charge in [0.2, 0.25) is 0 Å². The number of quaternary nitrogens is 1. The zero-order valence-electron chi connectivity index (χ0n) is 8.93. The number of rotatable bonds is 6. The Morgan fingerprint density at radius 2 is 1.67 bits per heavy atom. The Morgan fingerprint density at radius 1 is 1.17 bits per heavy atom. The summed E-state index contributed by atoms with van der Waals surface area (Å²) in [5.74, 6) is 1.43. The normalized spacial score (nSPS) is 12.0. The molecule has 0 aliphatic carbocycles. The molecule has 3 N–H and O–H groups in total. The van der Waals surface area contributed by atoms with Gasteiger partial charge in [-0.25, -0.2) is 0 Å². The quantitative estimate of drug-likeness (QED) is 0.446. The summed E-state index contributed by atoms with van der Waals surface area (Å²) in [6, 6.07) is 0.643. The summed E-state index contributed by atoms with van der Waals surface area (Å²) >= 11 is 0. The molecule has 0 aromatic rings. The van der Waals surface area contributed by atoms with Crippen LogP contribution < -0.4 is 10.6 Å². The van der Waals surface area contributed by atoms with Gasteiger partial charge in [-0.2, -0.15) is 7.05 Å². The lowest BCUT2D eigenvalue weighted by molar-refractivity contribution is -0.593. The van der Waals surface area contributed by atoms with E-state index in [1.165, 1.54) is 0 Å². The van der Waals surface area contributed by atoms with E-state index in [0.29, 0.717) is 6.04 Å². The van der Waals surface area contributed by atoms with E-state index in [9.17, 15) is 0 Å². The fourth-order valence-corrected chi connectivity index (χ4v) is 1.59. The Labute approximate surface area is 77.1 Å². The lowest BCUT2D eigenvalue weighted by Gasteiger charge is -2.25. The Kier molecular flexibility index (Phi) is 6.39. The van der Waals surface area contributed by atoms with Crippen LogP contribution in [0.15, 0.2) is 0 Å². The maximum absolute atomic E-state index is 3.71. The van der Waals surface area contributed by atoms with Crippen molar-refractivity contribution in [2.24, 2.45) is 11.8 Å². The topological polar surface area (TPSA) is 28.6 Å². The van der Waals surface area contributed by atoms with E-state index in [1.54, 1.807) is 0 Å². The number of hydrogen-bond donors (Lipinski definition) is 2. The maximum atomic E-state index is 3.71. The van der Waals surface area contributed by atoms with E-state index in [-0.39, 0.29) is 0 Å². The van der Waals surface area contributed by atoms with Crippen molar-refractivity contribution in [1.82, 2.24) is 5.32 Å². The molecule has 0 unspecified atom stereocenters. The summed E-state index contributed by atoms with van der Waals surface area (Å²) < 4.78 is 0. The van der Waals surface area contributed by atoms with Crippen molar-refractivity contribution in [3.63, 3.8) is 0 Å². The van der Waals surface area contributed by atoms with Gasteiger partial charge < -0.3 is 10.6 Å². The SMILES string of the molecule is [CH2-][NH2+]CCNC(C(C)C)C(C)C. The highest BCUT2D eigenvalue weighted by atomic mass is 15.0. The van der Waals surface area contributed by atoms with Gasteiger partial charge in [0, 0.05) is 12.6 Å². The molecular weight excluding hydrogens is 148 g/mol. The van der Waals surface area contributed by atoms with Crippen molar-refractivity contribution in [1.29, 1.82) is 0 Å². The first-order chi connectivity index (χ1) is 5.59. The average Bonchev–Trinajstić information content (AvgIpc) is 1.96. The molecule has 0 aromatic heterocycles.